The van der Waals surface area contributed by atoms with E-state index in [1.54, 1.807) is 0 Å². The van der Waals surface area contributed by atoms with Crippen LogP contribution in [0.3, 0.4) is 0 Å². The van der Waals surface area contributed by atoms with Gasteiger partial charge >= 0.3 is 0 Å². The Kier molecular flexibility index (Phi) is 7.90. The van der Waals surface area contributed by atoms with Crippen LogP contribution in [0.1, 0.15) is 19.8 Å². The van der Waals surface area contributed by atoms with Crippen LogP contribution in [-0.4, -0.2) is 59.6 Å². The largest absolute Gasteiger partial charge is 0.396 e. The van der Waals surface area contributed by atoms with Crippen LogP contribution in [0.15, 0.2) is 0 Å². The SMILES string of the molecule is CCC(CO)(CO)CCOCC(O)CO. The monoisotopic (exact) mass is 222 g/mol. The van der Waals surface area contributed by atoms with Crippen LogP contribution in [0.5, 0.6) is 0 Å². The van der Waals surface area contributed by atoms with E-state index in [1.165, 1.54) is 0 Å². The summed E-state index contributed by atoms with van der Waals surface area (Å²) in [6.45, 7) is 1.85. The summed E-state index contributed by atoms with van der Waals surface area (Å²) in [6, 6.07) is 0. The Morgan fingerprint density at radius 1 is 1.20 bits per heavy atom. The van der Waals surface area contributed by atoms with Gasteiger partial charge in [-0.25, -0.2) is 0 Å². The van der Waals surface area contributed by atoms with Gasteiger partial charge in [-0.15, -0.1) is 0 Å². The number of aliphatic hydroxyl groups excluding tert-OH is 4. The quantitative estimate of drug-likeness (QED) is 0.381. The van der Waals surface area contributed by atoms with Gasteiger partial charge in [0.25, 0.3) is 0 Å². The zero-order valence-electron chi connectivity index (χ0n) is 9.22. The third kappa shape index (κ3) is 5.44. The Labute approximate surface area is 90.3 Å². The predicted molar refractivity (Wildman–Crippen MR) is 55.4 cm³/mol. The van der Waals surface area contributed by atoms with Gasteiger partial charge in [-0.1, -0.05) is 6.92 Å². The lowest BCUT2D eigenvalue weighted by Gasteiger charge is -2.28. The van der Waals surface area contributed by atoms with Gasteiger partial charge in [0.15, 0.2) is 0 Å². The second-order valence-electron chi connectivity index (χ2n) is 3.83. The average molecular weight is 222 g/mol. The van der Waals surface area contributed by atoms with E-state index >= 15 is 0 Å². The minimum Gasteiger partial charge on any atom is -0.396 e. The smallest absolute Gasteiger partial charge is 0.100 e. The maximum absolute atomic E-state index is 9.13. The number of rotatable bonds is 9. The fraction of sp³-hybridized carbons (Fsp3) is 1.00. The molecule has 0 rings (SSSR count). The van der Waals surface area contributed by atoms with Crippen molar-refractivity contribution in [3.63, 3.8) is 0 Å². The Balaban J connectivity index is 3.72. The summed E-state index contributed by atoms with van der Waals surface area (Å²) in [5.41, 5.74) is -0.496. The number of aliphatic hydroxyl groups is 4. The van der Waals surface area contributed by atoms with Gasteiger partial charge in [-0.2, -0.15) is 0 Å². The van der Waals surface area contributed by atoms with Crippen molar-refractivity contribution in [1.82, 2.24) is 0 Å². The zero-order chi connectivity index (χ0) is 11.7. The fourth-order valence-electron chi connectivity index (χ4n) is 1.17. The Morgan fingerprint density at radius 2 is 1.80 bits per heavy atom. The van der Waals surface area contributed by atoms with Crippen molar-refractivity contribution in [3.05, 3.63) is 0 Å². The van der Waals surface area contributed by atoms with Crippen molar-refractivity contribution in [1.29, 1.82) is 0 Å². The normalized spacial score (nSPS) is 14.2. The molecule has 1 atom stereocenters. The maximum atomic E-state index is 9.13. The minimum absolute atomic E-state index is 0.0765. The molecule has 5 heteroatoms. The minimum atomic E-state index is -0.857. The molecule has 4 N–H and O–H groups in total. The van der Waals surface area contributed by atoms with Crippen molar-refractivity contribution in [2.75, 3.05) is 33.0 Å². The molecule has 0 aliphatic carbocycles. The summed E-state index contributed by atoms with van der Waals surface area (Å²) in [7, 11) is 0. The molecule has 0 spiro atoms. The lowest BCUT2D eigenvalue weighted by molar-refractivity contribution is -0.0212. The highest BCUT2D eigenvalue weighted by molar-refractivity contribution is 4.75. The third-order valence-electron chi connectivity index (χ3n) is 2.72. The molecule has 0 aliphatic rings. The molecule has 1 unspecified atom stereocenters. The van der Waals surface area contributed by atoms with Gasteiger partial charge in [0.2, 0.25) is 0 Å². The molecule has 15 heavy (non-hydrogen) atoms. The van der Waals surface area contributed by atoms with Crippen LogP contribution in [0.25, 0.3) is 0 Å². The molecule has 0 fully saturated rings. The van der Waals surface area contributed by atoms with Crippen LogP contribution in [0, 0.1) is 5.41 Å². The highest BCUT2D eigenvalue weighted by atomic mass is 16.5. The summed E-state index contributed by atoms with van der Waals surface area (Å²) in [5.74, 6) is 0. The summed E-state index contributed by atoms with van der Waals surface area (Å²) >= 11 is 0. The van der Waals surface area contributed by atoms with Crippen LogP contribution < -0.4 is 0 Å². The van der Waals surface area contributed by atoms with Gasteiger partial charge in [0.05, 0.1) is 26.4 Å². The first-order valence-electron chi connectivity index (χ1n) is 5.22. The molecular formula is C10H22O5. The second-order valence-corrected chi connectivity index (χ2v) is 3.83. The van der Waals surface area contributed by atoms with E-state index in [4.69, 9.17) is 25.2 Å². The lowest BCUT2D eigenvalue weighted by atomic mass is 9.84. The topological polar surface area (TPSA) is 90.2 Å². The molecular weight excluding hydrogens is 200 g/mol. The molecule has 0 amide bonds. The number of ether oxygens (including phenoxy) is 1. The molecule has 0 aromatic rings. The Hall–Kier alpha value is -0.200. The average Bonchev–Trinajstić information content (AvgIpc) is 2.30. The van der Waals surface area contributed by atoms with Crippen molar-refractivity contribution in [2.45, 2.75) is 25.9 Å². The molecule has 0 aromatic carbocycles. The summed E-state index contributed by atoms with van der Waals surface area (Å²) in [5, 5.41) is 35.8. The standard InChI is InChI=1S/C10H22O5/c1-2-10(7-12,8-13)3-4-15-6-9(14)5-11/h9,11-14H,2-8H2,1H3. The van der Waals surface area contributed by atoms with Crippen LogP contribution in [0.2, 0.25) is 0 Å². The molecule has 0 heterocycles. The van der Waals surface area contributed by atoms with Gasteiger partial charge in [0, 0.05) is 12.0 Å². The van der Waals surface area contributed by atoms with Gasteiger partial charge < -0.3 is 25.2 Å². The van der Waals surface area contributed by atoms with Crippen LogP contribution >= 0.6 is 0 Å². The molecule has 0 saturated heterocycles. The van der Waals surface area contributed by atoms with Crippen LogP contribution in [-0.2, 0) is 4.74 Å². The van der Waals surface area contributed by atoms with E-state index < -0.39 is 11.5 Å². The predicted octanol–water partition coefficient (Wildman–Crippen LogP) is -0.873. The first kappa shape index (κ1) is 14.8. The molecule has 0 aromatic heterocycles. The molecule has 0 radical (unpaired) electrons. The Bertz CT molecular complexity index is 138. The summed E-state index contributed by atoms with van der Waals surface area (Å²) in [4.78, 5) is 0. The zero-order valence-corrected chi connectivity index (χ0v) is 9.22. The van der Waals surface area contributed by atoms with E-state index in [9.17, 15) is 0 Å². The van der Waals surface area contributed by atoms with Gasteiger partial charge in [-0.3, -0.25) is 0 Å². The van der Waals surface area contributed by atoms with Crippen molar-refractivity contribution in [3.8, 4) is 0 Å². The van der Waals surface area contributed by atoms with E-state index in [0.29, 0.717) is 19.4 Å². The molecule has 0 saturated carbocycles. The second kappa shape index (κ2) is 8.01. The van der Waals surface area contributed by atoms with Crippen molar-refractivity contribution in [2.24, 2.45) is 5.41 Å². The van der Waals surface area contributed by atoms with E-state index in [-0.39, 0.29) is 26.4 Å². The molecule has 0 bridgehead atoms. The number of hydrogen-bond acceptors (Lipinski definition) is 5. The fourth-order valence-corrected chi connectivity index (χ4v) is 1.17. The first-order chi connectivity index (χ1) is 7.14. The van der Waals surface area contributed by atoms with Gasteiger partial charge in [0.1, 0.15) is 6.10 Å². The Morgan fingerprint density at radius 3 is 2.20 bits per heavy atom. The van der Waals surface area contributed by atoms with E-state index in [2.05, 4.69) is 0 Å². The molecule has 92 valence electrons. The maximum Gasteiger partial charge on any atom is 0.100 e. The number of hydrogen-bond donors (Lipinski definition) is 4. The molecule has 5 nitrogen and oxygen atoms in total. The van der Waals surface area contributed by atoms with Crippen LogP contribution in [0.4, 0.5) is 0 Å². The summed E-state index contributed by atoms with van der Waals surface area (Å²) < 4.78 is 5.12. The highest BCUT2D eigenvalue weighted by Gasteiger charge is 2.26. The van der Waals surface area contributed by atoms with Crippen molar-refractivity contribution < 1.29 is 25.2 Å². The summed E-state index contributed by atoms with van der Waals surface area (Å²) in [6.07, 6.45) is 0.352. The van der Waals surface area contributed by atoms with E-state index in [1.807, 2.05) is 6.92 Å². The molecule has 0 aliphatic heterocycles. The third-order valence-corrected chi connectivity index (χ3v) is 2.72. The van der Waals surface area contributed by atoms with Crippen molar-refractivity contribution >= 4 is 0 Å². The van der Waals surface area contributed by atoms with Gasteiger partial charge in [-0.05, 0) is 12.8 Å². The van der Waals surface area contributed by atoms with E-state index in [0.717, 1.165) is 0 Å². The lowest BCUT2D eigenvalue weighted by Crippen LogP contribution is -2.31. The first-order valence-corrected chi connectivity index (χ1v) is 5.22. The highest BCUT2D eigenvalue weighted by Crippen LogP contribution is 2.24.